The fourth-order valence-electron chi connectivity index (χ4n) is 2.84. The summed E-state index contributed by atoms with van der Waals surface area (Å²) in [6.45, 7) is 8.42. The molecule has 0 unspecified atom stereocenters. The molecule has 2 aromatic heterocycles. The van der Waals surface area contributed by atoms with E-state index >= 15 is 0 Å². The first-order valence-corrected chi connectivity index (χ1v) is 11.3. The minimum Gasteiger partial charge on any atom is -0.325 e. The van der Waals surface area contributed by atoms with Gasteiger partial charge in [-0.3, -0.25) is 19.5 Å². The summed E-state index contributed by atoms with van der Waals surface area (Å²) < 4.78 is 2.03. The maximum Gasteiger partial charge on any atom is 0.271 e. The third kappa shape index (κ3) is 5.06. The van der Waals surface area contributed by atoms with Crippen molar-refractivity contribution in [1.29, 1.82) is 0 Å². The molecule has 3 aromatic rings. The third-order valence-electron chi connectivity index (χ3n) is 4.30. The molecule has 3 rings (SSSR count). The fourth-order valence-corrected chi connectivity index (χ4v) is 4.61. The van der Waals surface area contributed by atoms with E-state index < -0.39 is 4.92 Å². The minimum absolute atomic E-state index is 0.0684. The number of aromatic nitrogens is 3. The lowest BCUT2D eigenvalue weighted by atomic mass is 10.1. The van der Waals surface area contributed by atoms with E-state index in [0.717, 1.165) is 11.4 Å². The summed E-state index contributed by atoms with van der Waals surface area (Å²) in [5.41, 5.74) is 1.35. The van der Waals surface area contributed by atoms with Crippen molar-refractivity contribution < 1.29 is 9.72 Å². The van der Waals surface area contributed by atoms with Crippen LogP contribution in [-0.4, -0.2) is 31.3 Å². The molecule has 158 valence electrons. The zero-order valence-electron chi connectivity index (χ0n) is 17.2. The first-order valence-electron chi connectivity index (χ1n) is 9.47. The SMILES string of the molecule is CC(C)c1cc(-c2nnc(SCC(=O)Nc3cccc([N+](=O)[O-])c3)n2C(C)C)cs1. The molecule has 0 aliphatic heterocycles. The Balaban J connectivity index is 1.72. The summed E-state index contributed by atoms with van der Waals surface area (Å²) in [5, 5.41) is 25.0. The van der Waals surface area contributed by atoms with Gasteiger partial charge in [-0.1, -0.05) is 31.7 Å². The summed E-state index contributed by atoms with van der Waals surface area (Å²) in [7, 11) is 0. The molecular formula is C20H23N5O3S2. The number of nitrogens with one attached hydrogen (secondary N) is 1. The first-order chi connectivity index (χ1) is 14.3. The molecule has 0 atom stereocenters. The van der Waals surface area contributed by atoms with E-state index in [-0.39, 0.29) is 23.4 Å². The van der Waals surface area contributed by atoms with Crippen LogP contribution in [0.2, 0.25) is 0 Å². The number of hydrogen-bond donors (Lipinski definition) is 1. The van der Waals surface area contributed by atoms with Crippen LogP contribution in [-0.2, 0) is 4.79 Å². The third-order valence-corrected chi connectivity index (χ3v) is 6.48. The number of hydrogen-bond acceptors (Lipinski definition) is 7. The van der Waals surface area contributed by atoms with E-state index in [2.05, 4.69) is 54.7 Å². The molecule has 8 nitrogen and oxygen atoms in total. The number of thioether (sulfide) groups is 1. The van der Waals surface area contributed by atoms with Gasteiger partial charge >= 0.3 is 0 Å². The second kappa shape index (κ2) is 9.40. The van der Waals surface area contributed by atoms with Crippen LogP contribution in [0.15, 0.2) is 40.9 Å². The molecule has 0 spiro atoms. The van der Waals surface area contributed by atoms with Gasteiger partial charge in [0.1, 0.15) is 0 Å². The molecule has 1 amide bonds. The number of amides is 1. The molecule has 0 bridgehead atoms. The Morgan fingerprint density at radius 2 is 2.03 bits per heavy atom. The van der Waals surface area contributed by atoms with Crippen LogP contribution in [0.1, 0.15) is 44.5 Å². The molecule has 0 aliphatic carbocycles. The van der Waals surface area contributed by atoms with Crippen molar-refractivity contribution in [2.24, 2.45) is 0 Å². The van der Waals surface area contributed by atoms with Gasteiger partial charge in [-0.2, -0.15) is 0 Å². The Bertz CT molecular complexity index is 1060. The lowest BCUT2D eigenvalue weighted by Gasteiger charge is -2.13. The monoisotopic (exact) mass is 445 g/mol. The highest BCUT2D eigenvalue weighted by Crippen LogP contribution is 2.32. The second-order valence-corrected chi connectivity index (χ2v) is 9.19. The second-order valence-electron chi connectivity index (χ2n) is 7.31. The maximum atomic E-state index is 12.3. The highest BCUT2D eigenvalue weighted by Gasteiger charge is 2.19. The molecule has 10 heteroatoms. The topological polar surface area (TPSA) is 103 Å². The molecule has 0 aliphatic rings. The molecule has 0 saturated heterocycles. The van der Waals surface area contributed by atoms with Crippen molar-refractivity contribution in [3.05, 3.63) is 50.7 Å². The number of carbonyl (C=O) groups excluding carboxylic acids is 1. The Morgan fingerprint density at radius 3 is 2.67 bits per heavy atom. The van der Waals surface area contributed by atoms with E-state index in [4.69, 9.17) is 0 Å². The van der Waals surface area contributed by atoms with Crippen LogP contribution < -0.4 is 5.32 Å². The predicted molar refractivity (Wildman–Crippen MR) is 120 cm³/mol. The lowest BCUT2D eigenvalue weighted by molar-refractivity contribution is -0.384. The average Bonchev–Trinajstić information content (AvgIpc) is 3.33. The van der Waals surface area contributed by atoms with Gasteiger partial charge < -0.3 is 5.32 Å². The summed E-state index contributed by atoms with van der Waals surface area (Å²) in [6.07, 6.45) is 0. The molecule has 0 saturated carbocycles. The largest absolute Gasteiger partial charge is 0.325 e. The summed E-state index contributed by atoms with van der Waals surface area (Å²) >= 11 is 2.99. The highest BCUT2D eigenvalue weighted by molar-refractivity contribution is 7.99. The smallest absolute Gasteiger partial charge is 0.271 e. The van der Waals surface area contributed by atoms with Gasteiger partial charge in [0.25, 0.3) is 5.69 Å². The number of rotatable bonds is 8. The number of anilines is 1. The van der Waals surface area contributed by atoms with Crippen LogP contribution >= 0.6 is 23.1 Å². The van der Waals surface area contributed by atoms with Gasteiger partial charge in [-0.15, -0.1) is 21.5 Å². The number of thiophene rings is 1. The van der Waals surface area contributed by atoms with Gasteiger partial charge in [0.2, 0.25) is 5.91 Å². The summed E-state index contributed by atoms with van der Waals surface area (Å²) in [4.78, 5) is 24.0. The van der Waals surface area contributed by atoms with Crippen molar-refractivity contribution in [3.63, 3.8) is 0 Å². The van der Waals surface area contributed by atoms with Crippen molar-refractivity contribution in [2.45, 2.75) is 44.8 Å². The number of nitrogens with zero attached hydrogens (tertiary/aromatic N) is 4. The molecule has 30 heavy (non-hydrogen) atoms. The first kappa shape index (κ1) is 22.0. The van der Waals surface area contributed by atoms with E-state index in [9.17, 15) is 14.9 Å². The molecule has 1 N–H and O–H groups in total. The lowest BCUT2D eigenvalue weighted by Crippen LogP contribution is -2.15. The molecular weight excluding hydrogens is 422 g/mol. The van der Waals surface area contributed by atoms with Crippen LogP contribution in [0.25, 0.3) is 11.4 Å². The minimum atomic E-state index is -0.494. The summed E-state index contributed by atoms with van der Waals surface area (Å²) in [5.74, 6) is 1.09. The van der Waals surface area contributed by atoms with Gasteiger partial charge in [0.15, 0.2) is 11.0 Å². The van der Waals surface area contributed by atoms with Crippen LogP contribution in [0.5, 0.6) is 0 Å². The zero-order chi connectivity index (χ0) is 21.8. The standard InChI is InChI=1S/C20H23N5O3S2/c1-12(2)17-8-14(10-29-17)19-22-23-20(24(19)13(3)4)30-11-18(26)21-15-6-5-7-16(9-15)25(27)28/h5-10,12-13H,11H2,1-4H3,(H,21,26). The van der Waals surface area contributed by atoms with E-state index in [1.54, 1.807) is 17.4 Å². The molecule has 1 aromatic carbocycles. The van der Waals surface area contributed by atoms with Gasteiger partial charge in [-0.25, -0.2) is 0 Å². The number of nitro groups is 1. The van der Waals surface area contributed by atoms with Gasteiger partial charge in [0, 0.05) is 39.7 Å². The number of carbonyl (C=O) groups is 1. The van der Waals surface area contributed by atoms with E-state index in [0.29, 0.717) is 16.8 Å². The Morgan fingerprint density at radius 1 is 1.27 bits per heavy atom. The van der Waals surface area contributed by atoms with Crippen molar-refractivity contribution in [2.75, 3.05) is 11.1 Å². The van der Waals surface area contributed by atoms with E-state index in [1.165, 1.54) is 34.8 Å². The Hall–Kier alpha value is -2.72. The quantitative estimate of drug-likeness (QED) is 0.285. The van der Waals surface area contributed by atoms with Crippen molar-refractivity contribution in [3.8, 4) is 11.4 Å². The molecule has 2 heterocycles. The maximum absolute atomic E-state index is 12.3. The van der Waals surface area contributed by atoms with Crippen LogP contribution in [0.4, 0.5) is 11.4 Å². The van der Waals surface area contributed by atoms with Gasteiger partial charge in [0.05, 0.1) is 10.7 Å². The number of non-ortho nitro benzene ring substituents is 1. The van der Waals surface area contributed by atoms with Crippen LogP contribution in [0, 0.1) is 10.1 Å². The normalized spacial score (nSPS) is 11.3. The fraction of sp³-hybridized carbons (Fsp3) is 0.350. The Kier molecular flexibility index (Phi) is 6.88. The highest BCUT2D eigenvalue weighted by atomic mass is 32.2. The molecule has 0 radical (unpaired) electrons. The van der Waals surface area contributed by atoms with Crippen LogP contribution in [0.3, 0.4) is 0 Å². The zero-order valence-corrected chi connectivity index (χ0v) is 18.8. The number of benzene rings is 1. The summed E-state index contributed by atoms with van der Waals surface area (Å²) in [6, 6.07) is 8.13. The molecule has 0 fully saturated rings. The van der Waals surface area contributed by atoms with E-state index in [1.807, 2.05) is 4.57 Å². The van der Waals surface area contributed by atoms with Crippen molar-refractivity contribution >= 4 is 40.4 Å². The predicted octanol–water partition coefficient (Wildman–Crippen LogP) is 5.35. The number of nitro benzene ring substituents is 1. The van der Waals surface area contributed by atoms with Crippen molar-refractivity contribution in [1.82, 2.24) is 14.8 Å². The Labute approximate surface area is 182 Å². The average molecular weight is 446 g/mol. The van der Waals surface area contributed by atoms with Gasteiger partial charge in [-0.05, 0) is 31.9 Å².